The fraction of sp³-hybridized carbons (Fsp3) is 0. The molecule has 2 N–H and O–H groups in total. The van der Waals surface area contributed by atoms with E-state index >= 15 is 0 Å². The van der Waals surface area contributed by atoms with E-state index in [1.165, 1.54) is 0 Å². The molecular formula is C15H10BrClN2O. The lowest BCUT2D eigenvalue weighted by Gasteiger charge is -2.05. The summed E-state index contributed by atoms with van der Waals surface area (Å²) in [6, 6.07) is 15.2. The van der Waals surface area contributed by atoms with Gasteiger partial charge in [0.05, 0.1) is 5.56 Å². The highest BCUT2D eigenvalue weighted by Crippen LogP contribution is 2.39. The molecule has 0 radical (unpaired) electrons. The smallest absolute Gasteiger partial charge is 0.176 e. The molecule has 0 atom stereocenters. The SMILES string of the molecule is Nc1noc(-c2ccc(Br)cc2)c1-c1ccccc1Cl. The van der Waals surface area contributed by atoms with Crippen LogP contribution in [0.15, 0.2) is 57.5 Å². The van der Waals surface area contributed by atoms with Crippen molar-refractivity contribution < 1.29 is 4.52 Å². The molecule has 0 aliphatic carbocycles. The Morgan fingerprint density at radius 3 is 2.45 bits per heavy atom. The minimum atomic E-state index is 0.330. The van der Waals surface area contributed by atoms with Gasteiger partial charge in [0.25, 0.3) is 0 Å². The normalized spacial score (nSPS) is 10.7. The molecule has 20 heavy (non-hydrogen) atoms. The van der Waals surface area contributed by atoms with Crippen LogP contribution in [-0.4, -0.2) is 5.16 Å². The number of nitrogen functional groups attached to an aromatic ring is 1. The van der Waals surface area contributed by atoms with Gasteiger partial charge in [-0.1, -0.05) is 50.9 Å². The van der Waals surface area contributed by atoms with Crippen LogP contribution in [0.1, 0.15) is 0 Å². The standard InChI is InChI=1S/C15H10BrClN2O/c16-10-7-5-9(6-8-10)14-13(15(18)19-20-14)11-3-1-2-4-12(11)17/h1-8H,(H2,18,19). The molecule has 0 aliphatic heterocycles. The summed E-state index contributed by atoms with van der Waals surface area (Å²) in [5, 5.41) is 4.48. The summed E-state index contributed by atoms with van der Waals surface area (Å²) in [6.07, 6.45) is 0. The molecule has 3 aromatic rings. The number of halogens is 2. The summed E-state index contributed by atoms with van der Waals surface area (Å²) in [6.45, 7) is 0. The van der Waals surface area contributed by atoms with Crippen molar-refractivity contribution in [2.45, 2.75) is 0 Å². The summed E-state index contributed by atoms with van der Waals surface area (Å²) in [7, 11) is 0. The van der Waals surface area contributed by atoms with Crippen LogP contribution in [0, 0.1) is 0 Å². The Kier molecular flexibility index (Phi) is 3.51. The summed E-state index contributed by atoms with van der Waals surface area (Å²) in [4.78, 5) is 0. The molecule has 1 aromatic heterocycles. The molecule has 3 rings (SSSR count). The van der Waals surface area contributed by atoms with Crippen LogP contribution >= 0.6 is 27.5 Å². The Morgan fingerprint density at radius 1 is 1.05 bits per heavy atom. The molecule has 0 aliphatic rings. The molecule has 0 bridgehead atoms. The van der Waals surface area contributed by atoms with E-state index in [0.717, 1.165) is 21.2 Å². The monoisotopic (exact) mass is 348 g/mol. The highest BCUT2D eigenvalue weighted by atomic mass is 79.9. The third-order valence-corrected chi connectivity index (χ3v) is 3.83. The van der Waals surface area contributed by atoms with Crippen LogP contribution in [0.4, 0.5) is 5.82 Å². The average molecular weight is 350 g/mol. The van der Waals surface area contributed by atoms with Crippen LogP contribution in [0.5, 0.6) is 0 Å². The molecule has 0 fully saturated rings. The fourth-order valence-corrected chi connectivity index (χ4v) is 2.52. The van der Waals surface area contributed by atoms with Crippen molar-refractivity contribution in [1.29, 1.82) is 0 Å². The maximum atomic E-state index is 6.24. The maximum absolute atomic E-state index is 6.24. The first-order valence-corrected chi connectivity index (χ1v) is 7.10. The van der Waals surface area contributed by atoms with Crippen LogP contribution in [0.3, 0.4) is 0 Å². The van der Waals surface area contributed by atoms with Gasteiger partial charge in [-0.2, -0.15) is 0 Å². The van der Waals surface area contributed by atoms with Crippen LogP contribution in [0.2, 0.25) is 5.02 Å². The number of hydrogen-bond donors (Lipinski definition) is 1. The molecular weight excluding hydrogens is 340 g/mol. The molecule has 1 heterocycles. The van der Waals surface area contributed by atoms with Crippen molar-refractivity contribution >= 4 is 33.3 Å². The Hall–Kier alpha value is -1.78. The van der Waals surface area contributed by atoms with E-state index in [1.54, 1.807) is 0 Å². The van der Waals surface area contributed by atoms with Crippen LogP contribution in [-0.2, 0) is 0 Å². The van der Waals surface area contributed by atoms with Gasteiger partial charge in [-0.05, 0) is 30.3 Å². The van der Waals surface area contributed by atoms with E-state index in [9.17, 15) is 0 Å². The largest absolute Gasteiger partial charge is 0.380 e. The quantitative estimate of drug-likeness (QED) is 0.708. The number of hydrogen-bond acceptors (Lipinski definition) is 3. The summed E-state index contributed by atoms with van der Waals surface area (Å²) in [5.41, 5.74) is 8.36. The van der Waals surface area contributed by atoms with Gasteiger partial charge < -0.3 is 10.3 Å². The van der Waals surface area contributed by atoms with E-state index in [0.29, 0.717) is 16.6 Å². The third-order valence-electron chi connectivity index (χ3n) is 2.97. The second-order valence-corrected chi connectivity index (χ2v) is 5.58. The molecule has 0 unspecified atom stereocenters. The summed E-state index contributed by atoms with van der Waals surface area (Å²) in [5.74, 6) is 0.944. The Balaban J connectivity index is 2.20. The lowest BCUT2D eigenvalue weighted by Crippen LogP contribution is -1.89. The number of benzene rings is 2. The average Bonchev–Trinajstić information content (AvgIpc) is 2.82. The van der Waals surface area contributed by atoms with Crippen molar-refractivity contribution in [3.63, 3.8) is 0 Å². The number of rotatable bonds is 2. The Bertz CT molecular complexity index is 753. The second kappa shape index (κ2) is 5.31. The predicted octanol–water partition coefficient (Wildman–Crippen LogP) is 5.01. The van der Waals surface area contributed by atoms with Gasteiger partial charge in [0.2, 0.25) is 0 Å². The van der Waals surface area contributed by atoms with Crippen molar-refractivity contribution in [2.75, 3.05) is 5.73 Å². The minimum absolute atomic E-state index is 0.330. The first-order chi connectivity index (χ1) is 9.66. The van der Waals surface area contributed by atoms with Gasteiger partial charge in [0.15, 0.2) is 11.6 Å². The topological polar surface area (TPSA) is 52.0 Å². The van der Waals surface area contributed by atoms with E-state index in [2.05, 4.69) is 21.1 Å². The number of nitrogens with two attached hydrogens (primary N) is 1. The van der Waals surface area contributed by atoms with Gasteiger partial charge in [-0.3, -0.25) is 0 Å². The summed E-state index contributed by atoms with van der Waals surface area (Å²) < 4.78 is 6.38. The molecule has 0 spiro atoms. The van der Waals surface area contributed by atoms with Crippen molar-refractivity contribution in [2.24, 2.45) is 0 Å². The highest BCUT2D eigenvalue weighted by molar-refractivity contribution is 9.10. The zero-order chi connectivity index (χ0) is 14.1. The van der Waals surface area contributed by atoms with Crippen LogP contribution < -0.4 is 5.73 Å². The van der Waals surface area contributed by atoms with Crippen molar-refractivity contribution in [1.82, 2.24) is 5.16 Å². The number of aromatic nitrogens is 1. The Morgan fingerprint density at radius 2 is 1.75 bits per heavy atom. The maximum Gasteiger partial charge on any atom is 0.176 e. The van der Waals surface area contributed by atoms with E-state index in [4.69, 9.17) is 21.9 Å². The molecule has 3 nitrogen and oxygen atoms in total. The highest BCUT2D eigenvalue weighted by Gasteiger charge is 2.19. The predicted molar refractivity (Wildman–Crippen MR) is 84.5 cm³/mol. The van der Waals surface area contributed by atoms with Gasteiger partial charge in [-0.25, -0.2) is 0 Å². The van der Waals surface area contributed by atoms with Crippen LogP contribution in [0.25, 0.3) is 22.5 Å². The van der Waals surface area contributed by atoms with E-state index in [-0.39, 0.29) is 0 Å². The summed E-state index contributed by atoms with van der Waals surface area (Å²) >= 11 is 9.65. The lowest BCUT2D eigenvalue weighted by atomic mass is 10.0. The van der Waals surface area contributed by atoms with Gasteiger partial charge in [0, 0.05) is 20.6 Å². The van der Waals surface area contributed by atoms with E-state index < -0.39 is 0 Å². The Labute approximate surface area is 129 Å². The van der Waals surface area contributed by atoms with Gasteiger partial charge in [-0.15, -0.1) is 0 Å². The third kappa shape index (κ3) is 2.32. The number of nitrogens with zero attached hydrogens (tertiary/aromatic N) is 1. The zero-order valence-corrected chi connectivity index (χ0v) is 12.6. The second-order valence-electron chi connectivity index (χ2n) is 4.26. The molecule has 2 aromatic carbocycles. The fourth-order valence-electron chi connectivity index (χ4n) is 2.02. The van der Waals surface area contributed by atoms with Crippen molar-refractivity contribution in [3.8, 4) is 22.5 Å². The van der Waals surface area contributed by atoms with Gasteiger partial charge >= 0.3 is 0 Å². The van der Waals surface area contributed by atoms with E-state index in [1.807, 2.05) is 48.5 Å². The first kappa shape index (κ1) is 13.2. The molecule has 5 heteroatoms. The molecule has 100 valence electrons. The minimum Gasteiger partial charge on any atom is -0.380 e. The molecule has 0 saturated carbocycles. The first-order valence-electron chi connectivity index (χ1n) is 5.93. The molecule has 0 saturated heterocycles. The van der Waals surface area contributed by atoms with Crippen molar-refractivity contribution in [3.05, 3.63) is 58.0 Å². The zero-order valence-electron chi connectivity index (χ0n) is 10.3. The van der Waals surface area contributed by atoms with Gasteiger partial charge in [0.1, 0.15) is 0 Å². The molecule has 0 amide bonds. The number of anilines is 1. The lowest BCUT2D eigenvalue weighted by molar-refractivity contribution is 0.436.